The van der Waals surface area contributed by atoms with Crippen LogP contribution in [0.25, 0.3) is 0 Å². The number of benzene rings is 1. The third kappa shape index (κ3) is 8.86. The molecule has 4 atom stereocenters. The molecular formula is C25H38N4O6. The third-order valence-electron chi connectivity index (χ3n) is 5.95. The standard InChI is InChI=1S/C25H38N4O6/c1-14(2)12-20(25(34)35)28-24(33)21(15(3)4)29-23(32)19(13-16-7-9-17(30)10-8-16)27-22(31)18-6-5-11-26-18/h7-10,14-15,18-21,26,30H,5-6,11-13H2,1-4H3,(H,27,31)(H,28,33)(H,29,32)(H,34,35). The Morgan fingerprint density at radius 3 is 2.14 bits per heavy atom. The van der Waals surface area contributed by atoms with Gasteiger partial charge in [-0.25, -0.2) is 4.79 Å². The monoisotopic (exact) mass is 490 g/mol. The predicted molar refractivity (Wildman–Crippen MR) is 131 cm³/mol. The van der Waals surface area contributed by atoms with E-state index >= 15 is 0 Å². The minimum absolute atomic E-state index is 0.0533. The second-order valence-corrected chi connectivity index (χ2v) is 9.84. The van der Waals surface area contributed by atoms with Crippen LogP contribution in [0.5, 0.6) is 5.75 Å². The van der Waals surface area contributed by atoms with Gasteiger partial charge in [-0.15, -0.1) is 0 Å². The molecule has 10 nitrogen and oxygen atoms in total. The van der Waals surface area contributed by atoms with E-state index in [1.165, 1.54) is 12.1 Å². The number of hydrogen-bond donors (Lipinski definition) is 6. The molecule has 0 bridgehead atoms. The number of aliphatic carboxylic acids is 1. The van der Waals surface area contributed by atoms with Crippen molar-refractivity contribution in [2.24, 2.45) is 11.8 Å². The van der Waals surface area contributed by atoms with E-state index < -0.39 is 35.9 Å². The summed E-state index contributed by atoms with van der Waals surface area (Å²) in [6, 6.07) is 2.90. The summed E-state index contributed by atoms with van der Waals surface area (Å²) in [6.45, 7) is 7.94. The first-order valence-corrected chi connectivity index (χ1v) is 12.1. The second kappa shape index (κ2) is 13.1. The van der Waals surface area contributed by atoms with Crippen molar-refractivity contribution in [3.8, 4) is 5.75 Å². The highest BCUT2D eigenvalue weighted by molar-refractivity contribution is 5.94. The molecule has 1 saturated heterocycles. The van der Waals surface area contributed by atoms with Gasteiger partial charge in [0.1, 0.15) is 23.9 Å². The van der Waals surface area contributed by atoms with Crippen LogP contribution >= 0.6 is 0 Å². The number of phenolic OH excluding ortho intramolecular Hbond substituents is 1. The fraction of sp³-hybridized carbons (Fsp3) is 0.600. The van der Waals surface area contributed by atoms with Crippen molar-refractivity contribution in [1.82, 2.24) is 21.3 Å². The predicted octanol–water partition coefficient (Wildman–Crippen LogP) is 0.928. The number of aromatic hydroxyl groups is 1. The van der Waals surface area contributed by atoms with Crippen molar-refractivity contribution in [2.45, 2.75) is 77.5 Å². The van der Waals surface area contributed by atoms with E-state index in [0.29, 0.717) is 6.42 Å². The average molecular weight is 491 g/mol. The molecule has 6 N–H and O–H groups in total. The molecule has 0 radical (unpaired) electrons. The molecule has 4 unspecified atom stereocenters. The summed E-state index contributed by atoms with van der Waals surface area (Å²) in [5, 5.41) is 30.2. The van der Waals surface area contributed by atoms with Crippen LogP contribution in [0.15, 0.2) is 24.3 Å². The molecular weight excluding hydrogens is 452 g/mol. The smallest absolute Gasteiger partial charge is 0.326 e. The van der Waals surface area contributed by atoms with Crippen LogP contribution < -0.4 is 21.3 Å². The second-order valence-electron chi connectivity index (χ2n) is 9.84. The van der Waals surface area contributed by atoms with E-state index in [-0.39, 0.29) is 42.4 Å². The summed E-state index contributed by atoms with van der Waals surface area (Å²) in [5.41, 5.74) is 0.719. The Labute approximate surface area is 206 Å². The van der Waals surface area contributed by atoms with Gasteiger partial charge in [-0.1, -0.05) is 39.8 Å². The van der Waals surface area contributed by atoms with Crippen LogP contribution in [0.2, 0.25) is 0 Å². The van der Waals surface area contributed by atoms with E-state index in [1.54, 1.807) is 26.0 Å². The van der Waals surface area contributed by atoms with Crippen molar-refractivity contribution in [1.29, 1.82) is 0 Å². The Kier molecular flexibility index (Phi) is 10.5. The van der Waals surface area contributed by atoms with E-state index in [9.17, 15) is 29.4 Å². The summed E-state index contributed by atoms with van der Waals surface area (Å²) in [4.78, 5) is 50.6. The molecule has 1 aliphatic rings. The molecule has 0 aliphatic carbocycles. The molecule has 1 heterocycles. The largest absolute Gasteiger partial charge is 0.508 e. The minimum atomic E-state index is -1.14. The van der Waals surface area contributed by atoms with Crippen molar-refractivity contribution >= 4 is 23.7 Å². The van der Waals surface area contributed by atoms with Crippen LogP contribution in [0, 0.1) is 11.8 Å². The number of hydrogen-bond acceptors (Lipinski definition) is 6. The summed E-state index contributed by atoms with van der Waals surface area (Å²) in [7, 11) is 0. The highest BCUT2D eigenvalue weighted by atomic mass is 16.4. The number of carbonyl (C=O) groups excluding carboxylic acids is 3. The Hall–Kier alpha value is -3.14. The van der Waals surface area contributed by atoms with Gasteiger partial charge in [-0.2, -0.15) is 0 Å². The average Bonchev–Trinajstić information content (AvgIpc) is 3.32. The maximum atomic E-state index is 13.3. The first-order valence-electron chi connectivity index (χ1n) is 12.1. The summed E-state index contributed by atoms with van der Waals surface area (Å²) >= 11 is 0. The van der Waals surface area contributed by atoms with Crippen molar-refractivity contribution in [2.75, 3.05) is 6.54 Å². The van der Waals surface area contributed by atoms with Crippen molar-refractivity contribution < 1.29 is 29.4 Å². The lowest BCUT2D eigenvalue weighted by atomic mass is 9.99. The van der Waals surface area contributed by atoms with Gasteiger partial charge >= 0.3 is 5.97 Å². The van der Waals surface area contributed by atoms with E-state index in [0.717, 1.165) is 18.5 Å². The maximum absolute atomic E-state index is 13.3. The van der Waals surface area contributed by atoms with Crippen molar-refractivity contribution in [3.05, 3.63) is 29.8 Å². The van der Waals surface area contributed by atoms with Gasteiger partial charge in [0.25, 0.3) is 0 Å². The Bertz CT molecular complexity index is 880. The van der Waals surface area contributed by atoms with Crippen molar-refractivity contribution in [3.63, 3.8) is 0 Å². The normalized spacial score (nSPS) is 18.1. The van der Waals surface area contributed by atoms with Gasteiger partial charge in [0.2, 0.25) is 17.7 Å². The first-order chi connectivity index (χ1) is 16.5. The summed E-state index contributed by atoms with van der Waals surface area (Å²) < 4.78 is 0. The molecule has 2 rings (SSSR count). The zero-order valence-corrected chi connectivity index (χ0v) is 20.8. The highest BCUT2D eigenvalue weighted by Gasteiger charge is 2.33. The van der Waals surface area contributed by atoms with Crippen LogP contribution in [0.3, 0.4) is 0 Å². The van der Waals surface area contributed by atoms with E-state index in [1.807, 2.05) is 13.8 Å². The maximum Gasteiger partial charge on any atom is 0.326 e. The molecule has 1 aromatic carbocycles. The lowest BCUT2D eigenvalue weighted by Crippen LogP contribution is -2.58. The van der Waals surface area contributed by atoms with Gasteiger partial charge in [0.15, 0.2) is 0 Å². The highest BCUT2D eigenvalue weighted by Crippen LogP contribution is 2.13. The van der Waals surface area contributed by atoms with Gasteiger partial charge in [-0.3, -0.25) is 14.4 Å². The zero-order valence-electron chi connectivity index (χ0n) is 20.8. The molecule has 0 aromatic heterocycles. The van der Waals surface area contributed by atoms with Crippen LogP contribution in [0.1, 0.15) is 52.5 Å². The number of carboxylic acids is 1. The first kappa shape index (κ1) is 28.1. The molecule has 10 heteroatoms. The Balaban J connectivity index is 2.17. The SMILES string of the molecule is CC(C)CC(NC(=O)C(NC(=O)C(Cc1ccc(O)cc1)NC(=O)C1CCCN1)C(C)C)C(=O)O. The Morgan fingerprint density at radius 2 is 1.63 bits per heavy atom. The van der Waals surface area contributed by atoms with Gasteiger partial charge < -0.3 is 31.5 Å². The molecule has 35 heavy (non-hydrogen) atoms. The molecule has 3 amide bonds. The molecule has 1 fully saturated rings. The quantitative estimate of drug-likeness (QED) is 0.254. The van der Waals surface area contributed by atoms with Gasteiger partial charge in [0, 0.05) is 6.42 Å². The lowest BCUT2D eigenvalue weighted by molar-refractivity contribution is -0.143. The number of carbonyl (C=O) groups is 4. The fourth-order valence-corrected chi connectivity index (χ4v) is 4.00. The minimum Gasteiger partial charge on any atom is -0.508 e. The fourth-order valence-electron chi connectivity index (χ4n) is 4.00. The Morgan fingerprint density at radius 1 is 0.971 bits per heavy atom. The summed E-state index contributed by atoms with van der Waals surface area (Å²) in [6.07, 6.45) is 1.95. The number of carboxylic acid groups (broad SMARTS) is 1. The molecule has 1 aliphatic heterocycles. The number of rotatable bonds is 12. The molecule has 0 spiro atoms. The molecule has 1 aromatic rings. The lowest BCUT2D eigenvalue weighted by Gasteiger charge is -2.27. The molecule has 0 saturated carbocycles. The van der Waals surface area contributed by atoms with Crippen LogP contribution in [-0.2, 0) is 25.6 Å². The number of nitrogens with one attached hydrogen (secondary N) is 4. The number of amides is 3. The van der Waals surface area contributed by atoms with E-state index in [4.69, 9.17) is 0 Å². The van der Waals surface area contributed by atoms with E-state index in [2.05, 4.69) is 21.3 Å². The van der Waals surface area contributed by atoms with Crippen LogP contribution in [0.4, 0.5) is 0 Å². The third-order valence-corrected chi connectivity index (χ3v) is 5.95. The number of phenols is 1. The summed E-state index contributed by atoms with van der Waals surface area (Å²) in [5.74, 6) is -2.76. The molecule has 194 valence electrons. The zero-order chi connectivity index (χ0) is 26.1. The van der Waals surface area contributed by atoms with Gasteiger partial charge in [0.05, 0.1) is 6.04 Å². The van der Waals surface area contributed by atoms with Gasteiger partial charge in [-0.05, 0) is 55.3 Å². The van der Waals surface area contributed by atoms with Crippen LogP contribution in [-0.4, -0.2) is 64.6 Å². The topological polar surface area (TPSA) is 157 Å².